The Kier molecular flexibility index (Phi) is 4.36. The minimum absolute atomic E-state index is 0.118. The summed E-state index contributed by atoms with van der Waals surface area (Å²) in [5.74, 6) is 3.35. The monoisotopic (exact) mass is 349 g/mol. The topological polar surface area (TPSA) is 83.5 Å². The number of nitrogens with one attached hydrogen (secondary N) is 1. The van der Waals surface area contributed by atoms with Crippen molar-refractivity contribution in [2.75, 3.05) is 11.4 Å². The number of aromatic amines is 1. The molecule has 134 valence electrons. The second-order valence-electron chi connectivity index (χ2n) is 6.83. The first-order valence-electron chi connectivity index (χ1n) is 9.04. The number of nitrogens with zero attached hydrogens (tertiary/aromatic N) is 6. The fourth-order valence-corrected chi connectivity index (χ4v) is 3.48. The van der Waals surface area contributed by atoms with E-state index < -0.39 is 0 Å². The Hall–Kier alpha value is -2.83. The van der Waals surface area contributed by atoms with Crippen LogP contribution in [-0.2, 0) is 0 Å². The Morgan fingerprint density at radius 2 is 1.96 bits per heavy atom. The van der Waals surface area contributed by atoms with Crippen molar-refractivity contribution in [1.29, 1.82) is 0 Å². The van der Waals surface area contributed by atoms with Gasteiger partial charge in [-0.25, -0.2) is 24.9 Å². The van der Waals surface area contributed by atoms with Crippen LogP contribution in [0.2, 0.25) is 0 Å². The average molecular weight is 349 g/mol. The number of hydrogen-bond acceptors (Lipinski definition) is 6. The molecule has 7 heteroatoms. The van der Waals surface area contributed by atoms with Gasteiger partial charge in [0.15, 0.2) is 11.6 Å². The Labute approximate surface area is 153 Å². The van der Waals surface area contributed by atoms with E-state index in [2.05, 4.69) is 24.8 Å². The number of aryl methyl sites for hydroxylation is 3. The van der Waals surface area contributed by atoms with Gasteiger partial charge in [-0.3, -0.25) is 0 Å². The minimum Gasteiger partial charge on any atom is -0.346 e. The third-order valence-corrected chi connectivity index (χ3v) is 4.67. The maximum atomic E-state index is 4.85. The third kappa shape index (κ3) is 3.29. The Morgan fingerprint density at radius 3 is 2.73 bits per heavy atom. The SMILES string of the molecule is Cc1cc(-c2ncc(C)[nH]2)nc([C@@H]2CCCCN2c2ccnc(C)n2)n1. The van der Waals surface area contributed by atoms with Crippen molar-refractivity contribution < 1.29 is 0 Å². The number of hydrogen-bond donors (Lipinski definition) is 1. The molecule has 7 nitrogen and oxygen atoms in total. The van der Waals surface area contributed by atoms with Crippen molar-refractivity contribution >= 4 is 5.82 Å². The highest BCUT2D eigenvalue weighted by Crippen LogP contribution is 2.33. The van der Waals surface area contributed by atoms with Gasteiger partial charge in [-0.1, -0.05) is 0 Å². The Bertz CT molecular complexity index is 918. The van der Waals surface area contributed by atoms with E-state index in [0.29, 0.717) is 0 Å². The molecular formula is C19H23N7. The average Bonchev–Trinajstić information content (AvgIpc) is 3.08. The number of H-pyrrole nitrogens is 1. The molecule has 1 N–H and O–H groups in total. The second-order valence-corrected chi connectivity index (χ2v) is 6.83. The lowest BCUT2D eigenvalue weighted by atomic mass is 10.0. The zero-order chi connectivity index (χ0) is 18.1. The van der Waals surface area contributed by atoms with Crippen LogP contribution in [0.4, 0.5) is 5.82 Å². The summed E-state index contributed by atoms with van der Waals surface area (Å²) < 4.78 is 0. The summed E-state index contributed by atoms with van der Waals surface area (Å²) in [6.45, 7) is 6.87. The summed E-state index contributed by atoms with van der Waals surface area (Å²) in [7, 11) is 0. The van der Waals surface area contributed by atoms with Gasteiger partial charge < -0.3 is 9.88 Å². The van der Waals surface area contributed by atoms with Gasteiger partial charge in [0.25, 0.3) is 0 Å². The van der Waals surface area contributed by atoms with Gasteiger partial charge in [-0.05, 0) is 52.2 Å². The van der Waals surface area contributed by atoms with Gasteiger partial charge in [-0.2, -0.15) is 0 Å². The molecule has 1 aliphatic heterocycles. The molecular weight excluding hydrogens is 326 g/mol. The van der Waals surface area contributed by atoms with Crippen LogP contribution in [0.25, 0.3) is 11.5 Å². The van der Waals surface area contributed by atoms with Crippen molar-refractivity contribution in [2.45, 2.75) is 46.1 Å². The van der Waals surface area contributed by atoms with Crippen LogP contribution in [0.1, 0.15) is 48.3 Å². The molecule has 0 saturated carbocycles. The van der Waals surface area contributed by atoms with E-state index >= 15 is 0 Å². The maximum absolute atomic E-state index is 4.85. The van der Waals surface area contributed by atoms with E-state index in [1.807, 2.05) is 45.3 Å². The first-order valence-corrected chi connectivity index (χ1v) is 9.04. The summed E-state index contributed by atoms with van der Waals surface area (Å²) >= 11 is 0. The van der Waals surface area contributed by atoms with E-state index in [1.165, 1.54) is 0 Å². The predicted molar refractivity (Wildman–Crippen MR) is 99.8 cm³/mol. The maximum Gasteiger partial charge on any atom is 0.156 e. The number of piperidine rings is 1. The molecule has 0 amide bonds. The summed E-state index contributed by atoms with van der Waals surface area (Å²) in [4.78, 5) is 28.4. The molecule has 4 heterocycles. The van der Waals surface area contributed by atoms with E-state index in [-0.39, 0.29) is 6.04 Å². The molecule has 0 unspecified atom stereocenters. The van der Waals surface area contributed by atoms with Crippen LogP contribution in [0.3, 0.4) is 0 Å². The van der Waals surface area contributed by atoms with E-state index in [4.69, 9.17) is 9.97 Å². The molecule has 3 aromatic heterocycles. The van der Waals surface area contributed by atoms with Crippen LogP contribution >= 0.6 is 0 Å². The third-order valence-electron chi connectivity index (χ3n) is 4.67. The fraction of sp³-hybridized carbons (Fsp3) is 0.421. The molecule has 0 radical (unpaired) electrons. The van der Waals surface area contributed by atoms with Gasteiger partial charge in [0.05, 0.1) is 6.04 Å². The highest BCUT2D eigenvalue weighted by Gasteiger charge is 2.28. The summed E-state index contributed by atoms with van der Waals surface area (Å²) in [5.41, 5.74) is 2.81. The Balaban J connectivity index is 1.73. The van der Waals surface area contributed by atoms with E-state index in [9.17, 15) is 0 Å². The minimum atomic E-state index is 0.118. The molecule has 1 fully saturated rings. The van der Waals surface area contributed by atoms with Gasteiger partial charge in [0.2, 0.25) is 0 Å². The lowest BCUT2D eigenvalue weighted by Gasteiger charge is -2.35. The number of imidazole rings is 1. The van der Waals surface area contributed by atoms with Crippen LogP contribution in [0.15, 0.2) is 24.5 Å². The van der Waals surface area contributed by atoms with Crippen LogP contribution < -0.4 is 4.90 Å². The second kappa shape index (κ2) is 6.82. The lowest BCUT2D eigenvalue weighted by Crippen LogP contribution is -2.35. The van der Waals surface area contributed by atoms with E-state index in [1.54, 1.807) is 0 Å². The van der Waals surface area contributed by atoms with Crippen molar-refractivity contribution in [2.24, 2.45) is 0 Å². The molecule has 1 atom stereocenters. The van der Waals surface area contributed by atoms with Crippen LogP contribution in [-0.4, -0.2) is 36.4 Å². The molecule has 0 aliphatic carbocycles. The first kappa shape index (κ1) is 16.6. The molecule has 26 heavy (non-hydrogen) atoms. The Morgan fingerprint density at radius 1 is 1.08 bits per heavy atom. The molecule has 1 aliphatic rings. The molecule has 3 aromatic rings. The number of anilines is 1. The molecule has 4 rings (SSSR count). The smallest absolute Gasteiger partial charge is 0.156 e. The van der Waals surface area contributed by atoms with Crippen molar-refractivity contribution in [3.8, 4) is 11.5 Å². The van der Waals surface area contributed by atoms with Crippen LogP contribution in [0.5, 0.6) is 0 Å². The number of aromatic nitrogens is 6. The quantitative estimate of drug-likeness (QED) is 0.781. The number of rotatable bonds is 3. The highest BCUT2D eigenvalue weighted by atomic mass is 15.2. The summed E-state index contributed by atoms with van der Waals surface area (Å²) in [6, 6.07) is 4.06. The summed E-state index contributed by atoms with van der Waals surface area (Å²) in [5, 5.41) is 0. The predicted octanol–water partition coefficient (Wildman–Crippen LogP) is 3.31. The first-order chi connectivity index (χ1) is 12.6. The highest BCUT2D eigenvalue weighted by molar-refractivity contribution is 5.50. The van der Waals surface area contributed by atoms with E-state index in [0.717, 1.165) is 66.2 Å². The van der Waals surface area contributed by atoms with Gasteiger partial charge in [-0.15, -0.1) is 0 Å². The molecule has 0 aromatic carbocycles. The fourth-order valence-electron chi connectivity index (χ4n) is 3.48. The zero-order valence-electron chi connectivity index (χ0n) is 15.4. The van der Waals surface area contributed by atoms with Gasteiger partial charge >= 0.3 is 0 Å². The zero-order valence-corrected chi connectivity index (χ0v) is 15.4. The van der Waals surface area contributed by atoms with Crippen LogP contribution in [0, 0.1) is 20.8 Å². The van der Waals surface area contributed by atoms with Gasteiger partial charge in [0.1, 0.15) is 17.3 Å². The van der Waals surface area contributed by atoms with Gasteiger partial charge in [0, 0.05) is 30.3 Å². The molecule has 0 bridgehead atoms. The van der Waals surface area contributed by atoms with Crippen molar-refractivity contribution in [3.63, 3.8) is 0 Å². The van der Waals surface area contributed by atoms with Crippen molar-refractivity contribution in [3.05, 3.63) is 47.6 Å². The normalized spacial score (nSPS) is 17.5. The molecule has 0 spiro atoms. The lowest BCUT2D eigenvalue weighted by molar-refractivity contribution is 0.452. The van der Waals surface area contributed by atoms with Crippen molar-refractivity contribution in [1.82, 2.24) is 29.9 Å². The largest absolute Gasteiger partial charge is 0.346 e. The summed E-state index contributed by atoms with van der Waals surface area (Å²) in [6.07, 6.45) is 6.97. The molecule has 1 saturated heterocycles. The standard InChI is InChI=1S/C19H23N7/c1-12-10-15(18-21-11-13(2)23-18)25-19(22-12)16-6-4-5-9-26(16)17-7-8-20-14(3)24-17/h7-8,10-11,16H,4-6,9H2,1-3H3,(H,21,23)/t16-/m0/s1.